The van der Waals surface area contributed by atoms with Gasteiger partial charge < -0.3 is 25.0 Å². The number of hydrogen-bond donors (Lipinski definition) is 3. The highest BCUT2D eigenvalue weighted by Gasteiger charge is 2.34. The molecule has 172 valence electrons. The number of nitrogens with zero attached hydrogens (tertiary/aromatic N) is 4. The lowest BCUT2D eigenvalue weighted by Crippen LogP contribution is -2.44. The Morgan fingerprint density at radius 3 is 2.77 bits per heavy atom. The minimum atomic E-state index is 0. The summed E-state index contributed by atoms with van der Waals surface area (Å²) in [6.07, 6.45) is 10.8. The zero-order chi connectivity index (χ0) is 20.5. The Morgan fingerprint density at radius 1 is 1.33 bits per heavy atom. The zero-order valence-electron chi connectivity index (χ0n) is 18.2. The van der Waals surface area contributed by atoms with Gasteiger partial charge in [-0.2, -0.15) is 0 Å². The molecule has 1 aliphatic carbocycles. The number of ether oxygens (including phenoxy) is 1. The number of nitrogens with one attached hydrogen (secondary N) is 2. The molecule has 3 N–H and O–H groups in total. The highest BCUT2D eigenvalue weighted by molar-refractivity contribution is 14.0. The summed E-state index contributed by atoms with van der Waals surface area (Å²) in [6, 6.07) is 0.571. The summed E-state index contributed by atoms with van der Waals surface area (Å²) in [4.78, 5) is 4.34. The predicted octanol–water partition coefficient (Wildman–Crippen LogP) is 2.62. The molecule has 1 unspecified atom stereocenters. The van der Waals surface area contributed by atoms with E-state index >= 15 is 0 Å². The van der Waals surface area contributed by atoms with Gasteiger partial charge in [-0.3, -0.25) is 4.99 Å². The van der Waals surface area contributed by atoms with Crippen LogP contribution >= 0.6 is 35.7 Å². The minimum absolute atomic E-state index is 0. The molecule has 1 aliphatic heterocycles. The van der Waals surface area contributed by atoms with Gasteiger partial charge in [0.05, 0.1) is 6.61 Å². The molecule has 1 atom stereocenters. The van der Waals surface area contributed by atoms with Crippen molar-refractivity contribution in [1.29, 1.82) is 0 Å². The summed E-state index contributed by atoms with van der Waals surface area (Å²) in [5.74, 6) is 1.91. The number of thioether (sulfide) groups is 1. The van der Waals surface area contributed by atoms with Crippen LogP contribution in [-0.4, -0.2) is 72.0 Å². The van der Waals surface area contributed by atoms with Crippen LogP contribution < -0.4 is 10.6 Å². The van der Waals surface area contributed by atoms with Crippen LogP contribution in [-0.2, 0) is 11.2 Å². The van der Waals surface area contributed by atoms with E-state index in [0.717, 1.165) is 62.3 Å². The Morgan fingerprint density at radius 2 is 2.13 bits per heavy atom. The van der Waals surface area contributed by atoms with Crippen molar-refractivity contribution in [2.24, 2.45) is 10.4 Å². The quantitative estimate of drug-likeness (QED) is 0.135. The Hall–Kier alpha value is -0.590. The molecule has 0 amide bonds. The van der Waals surface area contributed by atoms with Gasteiger partial charge in [0, 0.05) is 51.2 Å². The third-order valence-corrected chi connectivity index (χ3v) is 6.80. The molecule has 30 heavy (non-hydrogen) atoms. The number of guanidine groups is 1. The number of aryl methyl sites for hydroxylation is 1. The Bertz CT molecular complexity index is 660. The average Bonchev–Trinajstić information content (AvgIpc) is 3.48. The number of aliphatic hydroxyl groups is 1. The lowest BCUT2D eigenvalue weighted by atomic mass is 9.84. The van der Waals surface area contributed by atoms with E-state index in [9.17, 15) is 5.11 Å². The molecular formula is C20H37IN6O2S. The first-order valence-corrected chi connectivity index (χ1v) is 12.0. The second kappa shape index (κ2) is 13.1. The van der Waals surface area contributed by atoms with Gasteiger partial charge in [0.2, 0.25) is 0 Å². The smallest absolute Gasteiger partial charge is 0.191 e. The van der Waals surface area contributed by atoms with Crippen molar-refractivity contribution in [3.63, 3.8) is 0 Å². The van der Waals surface area contributed by atoms with Crippen molar-refractivity contribution >= 4 is 41.7 Å². The number of aliphatic imine (C=N–C) groups is 1. The maximum Gasteiger partial charge on any atom is 0.191 e. The van der Waals surface area contributed by atoms with E-state index < -0.39 is 0 Å². The Balaban J connectivity index is 0.00000320. The molecule has 1 aromatic rings. The molecule has 0 radical (unpaired) electrons. The van der Waals surface area contributed by atoms with E-state index in [1.54, 1.807) is 18.8 Å². The molecule has 0 spiro atoms. The van der Waals surface area contributed by atoms with Gasteiger partial charge in [-0.05, 0) is 38.4 Å². The van der Waals surface area contributed by atoms with E-state index in [-0.39, 0.29) is 36.0 Å². The minimum Gasteiger partial charge on any atom is -0.396 e. The van der Waals surface area contributed by atoms with E-state index in [4.69, 9.17) is 4.74 Å². The number of halogens is 1. The summed E-state index contributed by atoms with van der Waals surface area (Å²) in [5.41, 5.74) is 0.0122. The molecule has 2 aliphatic rings. The third kappa shape index (κ3) is 6.70. The lowest BCUT2D eigenvalue weighted by Gasteiger charge is -2.27. The van der Waals surface area contributed by atoms with E-state index in [0.29, 0.717) is 12.6 Å². The van der Waals surface area contributed by atoms with Crippen LogP contribution in [0.15, 0.2) is 10.1 Å². The molecule has 2 heterocycles. The van der Waals surface area contributed by atoms with Gasteiger partial charge in [-0.1, -0.05) is 24.6 Å². The van der Waals surface area contributed by atoms with E-state index in [1.807, 2.05) is 0 Å². The zero-order valence-corrected chi connectivity index (χ0v) is 21.4. The normalized spacial score (nSPS) is 22.3. The summed E-state index contributed by atoms with van der Waals surface area (Å²) in [5, 5.41) is 26.1. The summed E-state index contributed by atoms with van der Waals surface area (Å²) in [7, 11) is 1.79. The molecular weight excluding hydrogens is 515 g/mol. The monoisotopic (exact) mass is 552 g/mol. The van der Waals surface area contributed by atoms with Crippen LogP contribution in [0.2, 0.25) is 0 Å². The Labute approximate surface area is 201 Å². The van der Waals surface area contributed by atoms with Crippen molar-refractivity contribution in [1.82, 2.24) is 25.4 Å². The van der Waals surface area contributed by atoms with Crippen LogP contribution in [0.3, 0.4) is 0 Å². The molecule has 0 aromatic carbocycles. The van der Waals surface area contributed by atoms with Crippen molar-refractivity contribution in [3.8, 4) is 0 Å². The maximum atomic E-state index is 9.37. The first-order chi connectivity index (χ1) is 14.2. The first-order valence-electron chi connectivity index (χ1n) is 10.8. The number of aromatic nitrogens is 3. The Kier molecular flexibility index (Phi) is 11.2. The highest BCUT2D eigenvalue weighted by Crippen LogP contribution is 2.33. The molecule has 1 aromatic heterocycles. The van der Waals surface area contributed by atoms with Gasteiger partial charge >= 0.3 is 0 Å². The second-order valence-electron chi connectivity index (χ2n) is 8.14. The van der Waals surface area contributed by atoms with Crippen LogP contribution in [0, 0.1) is 5.41 Å². The van der Waals surface area contributed by atoms with Crippen LogP contribution in [0.5, 0.6) is 0 Å². The lowest BCUT2D eigenvalue weighted by molar-refractivity contribution is 0.127. The fourth-order valence-electron chi connectivity index (χ4n) is 4.40. The number of rotatable bonds is 10. The van der Waals surface area contributed by atoms with Crippen molar-refractivity contribution < 1.29 is 9.84 Å². The molecule has 8 nitrogen and oxygen atoms in total. The molecule has 1 saturated heterocycles. The van der Waals surface area contributed by atoms with Crippen molar-refractivity contribution in [3.05, 3.63) is 5.82 Å². The summed E-state index contributed by atoms with van der Waals surface area (Å²) >= 11 is 1.69. The van der Waals surface area contributed by atoms with Crippen LogP contribution in [0.4, 0.5) is 0 Å². The van der Waals surface area contributed by atoms with Crippen molar-refractivity contribution in [2.75, 3.05) is 46.2 Å². The van der Waals surface area contributed by atoms with E-state index in [1.165, 1.54) is 25.7 Å². The van der Waals surface area contributed by atoms with Crippen LogP contribution in [0.25, 0.3) is 0 Å². The fraction of sp³-hybridized carbons (Fsp3) is 0.850. The second-order valence-corrected chi connectivity index (χ2v) is 8.92. The topological polar surface area (TPSA) is 96.6 Å². The van der Waals surface area contributed by atoms with Crippen LogP contribution in [0.1, 0.15) is 56.8 Å². The fourth-order valence-corrected chi connectivity index (χ4v) is 4.98. The molecule has 1 saturated carbocycles. The van der Waals surface area contributed by atoms with Gasteiger partial charge in [0.15, 0.2) is 11.1 Å². The van der Waals surface area contributed by atoms with Gasteiger partial charge in [0.1, 0.15) is 5.82 Å². The van der Waals surface area contributed by atoms with Gasteiger partial charge in [0.25, 0.3) is 0 Å². The molecule has 10 heteroatoms. The van der Waals surface area contributed by atoms with Gasteiger partial charge in [-0.25, -0.2) is 0 Å². The third-order valence-electron chi connectivity index (χ3n) is 6.16. The maximum absolute atomic E-state index is 9.37. The summed E-state index contributed by atoms with van der Waals surface area (Å²) < 4.78 is 7.94. The molecule has 2 fully saturated rings. The standard InChI is InChI=1S/C20H36N6O2S.HI/c1-21-18(23-14-20(9-12-27)10-13-28-15-20)22-11-5-8-17-24-25-19(29-2)26(17)16-6-3-4-7-16;/h16,27H,3-15H2,1-2H3,(H2,21,22,23);1H. The molecule has 3 rings (SSSR count). The highest BCUT2D eigenvalue weighted by atomic mass is 127. The van der Waals surface area contributed by atoms with E-state index in [2.05, 4.69) is 36.6 Å². The molecule has 0 bridgehead atoms. The first kappa shape index (κ1) is 25.7. The average molecular weight is 553 g/mol. The van der Waals surface area contributed by atoms with Crippen molar-refractivity contribution in [2.45, 2.75) is 62.6 Å². The predicted molar refractivity (Wildman–Crippen MR) is 132 cm³/mol. The number of hydrogen-bond acceptors (Lipinski definition) is 6. The SMILES string of the molecule is CN=C(NCCCc1nnc(SC)n1C1CCCC1)NCC1(CCO)CCOC1.I. The largest absolute Gasteiger partial charge is 0.396 e. The summed E-state index contributed by atoms with van der Waals surface area (Å²) in [6.45, 7) is 3.26. The van der Waals surface area contributed by atoms with Gasteiger partial charge in [-0.15, -0.1) is 34.2 Å². The number of aliphatic hydroxyl groups excluding tert-OH is 1.